The second kappa shape index (κ2) is 6.79. The molecule has 4 heteroatoms. The number of ether oxygens (including phenoxy) is 1. The Bertz CT molecular complexity index is 319. The fourth-order valence-electron chi connectivity index (χ4n) is 3.31. The van der Waals surface area contributed by atoms with Crippen LogP contribution in [0.15, 0.2) is 0 Å². The monoisotopic (exact) mass is 282 g/mol. The number of hydrogen-bond donors (Lipinski definition) is 1. The first-order valence-electron chi connectivity index (χ1n) is 8.16. The largest absolute Gasteiger partial charge is 0.444 e. The minimum absolute atomic E-state index is 0.143. The fourth-order valence-corrected chi connectivity index (χ4v) is 3.31. The molecule has 1 atom stereocenters. The van der Waals surface area contributed by atoms with Crippen LogP contribution in [0.3, 0.4) is 0 Å². The van der Waals surface area contributed by atoms with E-state index in [1.54, 1.807) is 0 Å². The van der Waals surface area contributed by atoms with E-state index < -0.39 is 5.60 Å². The van der Waals surface area contributed by atoms with Gasteiger partial charge in [0.05, 0.1) is 0 Å². The van der Waals surface area contributed by atoms with Crippen LogP contribution in [-0.4, -0.2) is 42.3 Å². The number of piperazine rings is 1. The molecule has 2 aliphatic rings. The van der Waals surface area contributed by atoms with Gasteiger partial charge in [0.2, 0.25) is 0 Å². The molecule has 1 unspecified atom stereocenters. The molecule has 2 fully saturated rings. The van der Waals surface area contributed by atoms with Crippen LogP contribution in [-0.2, 0) is 4.74 Å². The maximum atomic E-state index is 12.3. The van der Waals surface area contributed by atoms with Gasteiger partial charge >= 0.3 is 6.09 Å². The molecule has 1 aliphatic carbocycles. The molecule has 4 nitrogen and oxygen atoms in total. The third-order valence-electron chi connectivity index (χ3n) is 4.36. The summed E-state index contributed by atoms with van der Waals surface area (Å²) in [5, 5.41) is 3.41. The number of hydrogen-bond acceptors (Lipinski definition) is 3. The van der Waals surface area contributed by atoms with Crippen molar-refractivity contribution in [3.8, 4) is 0 Å². The van der Waals surface area contributed by atoms with Gasteiger partial charge < -0.3 is 15.0 Å². The summed E-state index contributed by atoms with van der Waals surface area (Å²) >= 11 is 0. The summed E-state index contributed by atoms with van der Waals surface area (Å²) in [6.07, 6.45) is 7.77. The van der Waals surface area contributed by atoms with Gasteiger partial charge in [0, 0.05) is 25.7 Å². The lowest BCUT2D eigenvalue weighted by Gasteiger charge is -2.37. The zero-order valence-electron chi connectivity index (χ0n) is 13.3. The minimum atomic E-state index is -0.405. The molecule has 1 amide bonds. The molecule has 1 N–H and O–H groups in total. The number of rotatable bonds is 3. The van der Waals surface area contributed by atoms with Crippen molar-refractivity contribution >= 4 is 6.09 Å². The Balaban J connectivity index is 1.85. The Hall–Kier alpha value is -0.770. The van der Waals surface area contributed by atoms with Crippen molar-refractivity contribution in [2.24, 2.45) is 5.92 Å². The van der Waals surface area contributed by atoms with Gasteiger partial charge in [-0.25, -0.2) is 4.79 Å². The summed E-state index contributed by atoms with van der Waals surface area (Å²) < 4.78 is 5.54. The first-order valence-corrected chi connectivity index (χ1v) is 8.16. The summed E-state index contributed by atoms with van der Waals surface area (Å²) in [6.45, 7) is 8.34. The predicted octanol–water partition coefficient (Wildman–Crippen LogP) is 3.17. The third kappa shape index (κ3) is 4.65. The van der Waals surface area contributed by atoms with Crippen molar-refractivity contribution in [3.63, 3.8) is 0 Å². The average molecular weight is 282 g/mol. The predicted molar refractivity (Wildman–Crippen MR) is 80.8 cm³/mol. The molecule has 0 bridgehead atoms. The van der Waals surface area contributed by atoms with Crippen LogP contribution < -0.4 is 5.32 Å². The zero-order valence-corrected chi connectivity index (χ0v) is 13.3. The smallest absolute Gasteiger partial charge is 0.410 e. The molecule has 0 aromatic rings. The van der Waals surface area contributed by atoms with E-state index in [0.29, 0.717) is 6.04 Å². The van der Waals surface area contributed by atoms with Crippen LogP contribution in [0.2, 0.25) is 0 Å². The van der Waals surface area contributed by atoms with Gasteiger partial charge in [-0.15, -0.1) is 0 Å². The summed E-state index contributed by atoms with van der Waals surface area (Å²) in [7, 11) is 0. The normalized spacial score (nSPS) is 24.9. The van der Waals surface area contributed by atoms with E-state index in [1.807, 2.05) is 25.7 Å². The van der Waals surface area contributed by atoms with Crippen molar-refractivity contribution in [2.75, 3.05) is 19.6 Å². The summed E-state index contributed by atoms with van der Waals surface area (Å²) in [5.41, 5.74) is -0.405. The van der Waals surface area contributed by atoms with Crippen LogP contribution in [0.25, 0.3) is 0 Å². The second-order valence-electron chi connectivity index (χ2n) is 7.26. The summed E-state index contributed by atoms with van der Waals surface area (Å²) in [5.74, 6) is 0.886. The molecule has 2 rings (SSSR count). The van der Waals surface area contributed by atoms with Crippen LogP contribution in [0.1, 0.15) is 59.3 Å². The molecule has 116 valence electrons. The average Bonchev–Trinajstić information content (AvgIpc) is 2.87. The fraction of sp³-hybridized carbons (Fsp3) is 0.938. The highest BCUT2D eigenvalue weighted by Crippen LogP contribution is 2.30. The third-order valence-corrected chi connectivity index (χ3v) is 4.36. The van der Waals surface area contributed by atoms with E-state index >= 15 is 0 Å². The van der Waals surface area contributed by atoms with Gasteiger partial charge in [-0.2, -0.15) is 0 Å². The molecule has 1 saturated heterocycles. The SMILES string of the molecule is CC(C)(C)OC(=O)N1CCNCC1CCC1CCCC1. The number of amides is 1. The number of carbonyl (C=O) groups is 1. The van der Waals surface area contributed by atoms with E-state index in [9.17, 15) is 4.79 Å². The second-order valence-corrected chi connectivity index (χ2v) is 7.26. The minimum Gasteiger partial charge on any atom is -0.444 e. The summed E-state index contributed by atoms with van der Waals surface area (Å²) in [4.78, 5) is 14.2. The molecule has 0 aromatic carbocycles. The van der Waals surface area contributed by atoms with Crippen LogP contribution in [0.4, 0.5) is 4.79 Å². The standard InChI is InChI=1S/C16H30N2O2/c1-16(2,3)20-15(19)18-11-10-17-12-14(18)9-8-13-6-4-5-7-13/h13-14,17H,4-12H2,1-3H3. The first-order chi connectivity index (χ1) is 9.46. The molecule has 0 spiro atoms. The molecule has 0 aromatic heterocycles. The van der Waals surface area contributed by atoms with Crippen LogP contribution in [0, 0.1) is 5.92 Å². The Morgan fingerprint density at radius 2 is 1.95 bits per heavy atom. The van der Waals surface area contributed by atoms with Gasteiger partial charge in [0.1, 0.15) is 5.60 Å². The van der Waals surface area contributed by atoms with Crippen LogP contribution >= 0.6 is 0 Å². The molecule has 1 aliphatic heterocycles. The van der Waals surface area contributed by atoms with Crippen molar-refractivity contribution in [3.05, 3.63) is 0 Å². The van der Waals surface area contributed by atoms with Crippen molar-refractivity contribution in [2.45, 2.75) is 70.9 Å². The van der Waals surface area contributed by atoms with E-state index in [0.717, 1.165) is 32.0 Å². The van der Waals surface area contributed by atoms with E-state index in [4.69, 9.17) is 4.74 Å². The lowest BCUT2D eigenvalue weighted by Crippen LogP contribution is -2.54. The molecular weight excluding hydrogens is 252 g/mol. The maximum absolute atomic E-state index is 12.3. The van der Waals surface area contributed by atoms with Gasteiger partial charge in [-0.1, -0.05) is 25.7 Å². The van der Waals surface area contributed by atoms with Crippen molar-refractivity contribution in [1.82, 2.24) is 10.2 Å². The Morgan fingerprint density at radius 3 is 2.60 bits per heavy atom. The maximum Gasteiger partial charge on any atom is 0.410 e. The van der Waals surface area contributed by atoms with Crippen molar-refractivity contribution < 1.29 is 9.53 Å². The van der Waals surface area contributed by atoms with Crippen LogP contribution in [0.5, 0.6) is 0 Å². The Labute approximate surface area is 123 Å². The number of nitrogens with zero attached hydrogens (tertiary/aromatic N) is 1. The number of carbonyl (C=O) groups excluding carboxylic acids is 1. The van der Waals surface area contributed by atoms with Gasteiger partial charge in [-0.05, 0) is 39.5 Å². The molecule has 1 heterocycles. The quantitative estimate of drug-likeness (QED) is 0.864. The topological polar surface area (TPSA) is 41.6 Å². The summed E-state index contributed by atoms with van der Waals surface area (Å²) in [6, 6.07) is 0.305. The van der Waals surface area contributed by atoms with E-state index in [-0.39, 0.29) is 6.09 Å². The van der Waals surface area contributed by atoms with Gasteiger partial charge in [0.15, 0.2) is 0 Å². The molecule has 0 radical (unpaired) electrons. The highest BCUT2D eigenvalue weighted by molar-refractivity contribution is 5.68. The van der Waals surface area contributed by atoms with E-state index in [1.165, 1.54) is 32.1 Å². The first kappa shape index (κ1) is 15.6. The molecule has 1 saturated carbocycles. The number of nitrogens with one attached hydrogen (secondary N) is 1. The highest BCUT2D eigenvalue weighted by Gasteiger charge is 2.30. The lowest BCUT2D eigenvalue weighted by atomic mass is 9.97. The highest BCUT2D eigenvalue weighted by atomic mass is 16.6. The Morgan fingerprint density at radius 1 is 1.25 bits per heavy atom. The zero-order chi connectivity index (χ0) is 14.6. The molecule has 20 heavy (non-hydrogen) atoms. The van der Waals surface area contributed by atoms with Gasteiger partial charge in [-0.3, -0.25) is 0 Å². The Kier molecular flexibility index (Phi) is 5.30. The van der Waals surface area contributed by atoms with Crippen molar-refractivity contribution in [1.29, 1.82) is 0 Å². The van der Waals surface area contributed by atoms with Gasteiger partial charge in [0.25, 0.3) is 0 Å². The lowest BCUT2D eigenvalue weighted by molar-refractivity contribution is 0.0105. The van der Waals surface area contributed by atoms with E-state index in [2.05, 4.69) is 5.32 Å². The molecular formula is C16H30N2O2.